The first-order valence-corrected chi connectivity index (χ1v) is 8.64. The van der Waals surface area contributed by atoms with Crippen molar-refractivity contribution in [3.63, 3.8) is 0 Å². The van der Waals surface area contributed by atoms with Crippen LogP contribution < -0.4 is 10.6 Å². The summed E-state index contributed by atoms with van der Waals surface area (Å²) in [6.45, 7) is 4.51. The zero-order chi connectivity index (χ0) is 16.4. The zero-order valence-corrected chi connectivity index (χ0v) is 13.9. The van der Waals surface area contributed by atoms with Gasteiger partial charge in [0.25, 0.3) is 0 Å². The number of benzene rings is 1. The molecule has 0 spiro atoms. The highest BCUT2D eigenvalue weighted by Gasteiger charge is 2.39. The van der Waals surface area contributed by atoms with E-state index < -0.39 is 5.82 Å². The highest BCUT2D eigenvalue weighted by atomic mass is 19.1. The number of hydrogen-bond acceptors (Lipinski definition) is 2. The van der Waals surface area contributed by atoms with Gasteiger partial charge in [0.1, 0.15) is 5.82 Å². The molecule has 2 fully saturated rings. The lowest BCUT2D eigenvalue weighted by Gasteiger charge is -2.51. The van der Waals surface area contributed by atoms with Crippen LogP contribution in [0.25, 0.3) is 0 Å². The molecule has 2 saturated heterocycles. The molecule has 0 radical (unpaired) electrons. The van der Waals surface area contributed by atoms with Gasteiger partial charge in [0.05, 0.1) is 5.69 Å². The molecule has 2 bridgehead atoms. The Morgan fingerprint density at radius 2 is 1.87 bits per heavy atom. The number of anilines is 1. The lowest BCUT2D eigenvalue weighted by molar-refractivity contribution is 0.00233. The Morgan fingerprint density at radius 1 is 1.22 bits per heavy atom. The molecule has 2 aliphatic heterocycles. The number of urea groups is 1. The van der Waals surface area contributed by atoms with Gasteiger partial charge in [-0.3, -0.25) is 4.90 Å². The van der Waals surface area contributed by atoms with Crippen molar-refractivity contribution < 1.29 is 9.18 Å². The molecular formula is C18H26FN3O. The topological polar surface area (TPSA) is 44.4 Å². The first kappa shape index (κ1) is 16.2. The van der Waals surface area contributed by atoms with E-state index in [2.05, 4.69) is 29.4 Å². The second kappa shape index (κ2) is 6.87. The Morgan fingerprint density at radius 3 is 2.48 bits per heavy atom. The molecule has 0 saturated carbocycles. The summed E-state index contributed by atoms with van der Waals surface area (Å²) in [6.07, 6.45) is 5.68. The molecule has 0 aliphatic carbocycles. The lowest BCUT2D eigenvalue weighted by Crippen LogP contribution is -2.59. The van der Waals surface area contributed by atoms with Gasteiger partial charge >= 0.3 is 6.03 Å². The summed E-state index contributed by atoms with van der Waals surface area (Å²) in [6, 6.07) is 7.78. The van der Waals surface area contributed by atoms with Crippen LogP contribution >= 0.6 is 0 Å². The van der Waals surface area contributed by atoms with Gasteiger partial charge in [-0.15, -0.1) is 0 Å². The summed E-state index contributed by atoms with van der Waals surface area (Å²) in [5.74, 6) is -0.408. The second-order valence-corrected chi connectivity index (χ2v) is 7.03. The maximum Gasteiger partial charge on any atom is 0.319 e. The van der Waals surface area contributed by atoms with Crippen molar-refractivity contribution in [2.75, 3.05) is 5.32 Å². The van der Waals surface area contributed by atoms with Crippen molar-refractivity contribution in [3.05, 3.63) is 30.1 Å². The van der Waals surface area contributed by atoms with Crippen LogP contribution in [0.15, 0.2) is 24.3 Å². The Bertz CT molecular complexity index is 549. The van der Waals surface area contributed by atoms with Crippen LogP contribution in [-0.2, 0) is 0 Å². The minimum absolute atomic E-state index is 0.173. The molecule has 3 atom stereocenters. The molecule has 2 amide bonds. The third-order valence-electron chi connectivity index (χ3n) is 5.08. The van der Waals surface area contributed by atoms with Gasteiger partial charge in [-0.25, -0.2) is 9.18 Å². The fourth-order valence-electron chi connectivity index (χ4n) is 4.29. The maximum absolute atomic E-state index is 13.6. The maximum atomic E-state index is 13.6. The Balaban J connectivity index is 1.59. The minimum atomic E-state index is -0.408. The molecule has 126 valence electrons. The van der Waals surface area contributed by atoms with Crippen LogP contribution in [-0.4, -0.2) is 35.1 Å². The smallest absolute Gasteiger partial charge is 0.319 e. The van der Waals surface area contributed by atoms with Crippen molar-refractivity contribution in [1.29, 1.82) is 0 Å². The Hall–Kier alpha value is -1.62. The SMILES string of the molecule is CC(C)N1[C@@H]2CCC[C@H]1CC(NC(=O)Nc1ccccc1F)C2. The molecule has 5 heteroatoms. The number of amides is 2. The number of nitrogens with zero attached hydrogens (tertiary/aromatic N) is 1. The monoisotopic (exact) mass is 319 g/mol. The normalized spacial score (nSPS) is 27.7. The summed E-state index contributed by atoms with van der Waals surface area (Å²) in [5, 5.41) is 5.66. The third kappa shape index (κ3) is 3.66. The lowest BCUT2D eigenvalue weighted by atomic mass is 9.81. The summed E-state index contributed by atoms with van der Waals surface area (Å²) in [7, 11) is 0. The van der Waals surface area contributed by atoms with Crippen molar-refractivity contribution in [2.45, 2.75) is 70.1 Å². The van der Waals surface area contributed by atoms with Crippen LogP contribution in [0.4, 0.5) is 14.9 Å². The predicted molar refractivity (Wildman–Crippen MR) is 90.0 cm³/mol. The van der Waals surface area contributed by atoms with Crippen molar-refractivity contribution in [3.8, 4) is 0 Å². The van der Waals surface area contributed by atoms with E-state index >= 15 is 0 Å². The number of hydrogen-bond donors (Lipinski definition) is 2. The van der Waals surface area contributed by atoms with Gasteiger partial charge in [-0.1, -0.05) is 18.6 Å². The molecule has 23 heavy (non-hydrogen) atoms. The van der Waals surface area contributed by atoms with Crippen LogP contribution in [0.3, 0.4) is 0 Å². The quantitative estimate of drug-likeness (QED) is 0.891. The summed E-state index contributed by atoms with van der Waals surface area (Å²) in [4.78, 5) is 14.8. The standard InChI is InChI=1S/C18H26FN3O/c1-12(2)22-14-6-5-7-15(22)11-13(10-14)20-18(23)21-17-9-4-3-8-16(17)19/h3-4,8-9,12-15H,5-7,10-11H2,1-2H3,(H2,20,21,23)/t13?,14-,15+. The number of halogens is 1. The van der Waals surface area contributed by atoms with Crippen LogP contribution in [0.5, 0.6) is 0 Å². The average molecular weight is 319 g/mol. The van der Waals surface area contributed by atoms with Crippen LogP contribution in [0.1, 0.15) is 46.0 Å². The molecular weight excluding hydrogens is 293 g/mol. The molecule has 2 N–H and O–H groups in total. The molecule has 1 aromatic rings. The molecule has 4 nitrogen and oxygen atoms in total. The number of fused-ring (bicyclic) bond motifs is 2. The third-order valence-corrected chi connectivity index (χ3v) is 5.08. The van der Waals surface area contributed by atoms with Crippen LogP contribution in [0, 0.1) is 5.82 Å². The molecule has 1 aromatic carbocycles. The molecule has 2 aliphatic rings. The van der Waals surface area contributed by atoms with Gasteiger partial charge < -0.3 is 10.6 Å². The van der Waals surface area contributed by atoms with E-state index in [0.717, 1.165) is 12.8 Å². The predicted octanol–water partition coefficient (Wildman–Crippen LogP) is 3.74. The van der Waals surface area contributed by atoms with Crippen LogP contribution in [0.2, 0.25) is 0 Å². The molecule has 1 unspecified atom stereocenters. The number of nitrogens with one attached hydrogen (secondary N) is 2. The van der Waals surface area contributed by atoms with Crippen molar-refractivity contribution in [2.24, 2.45) is 0 Å². The first-order valence-electron chi connectivity index (χ1n) is 8.64. The number of rotatable bonds is 3. The van der Waals surface area contributed by atoms with E-state index in [-0.39, 0.29) is 17.8 Å². The summed E-state index contributed by atoms with van der Waals surface area (Å²) in [5.41, 5.74) is 0.227. The second-order valence-electron chi connectivity index (χ2n) is 7.03. The molecule has 0 aromatic heterocycles. The number of carbonyl (C=O) groups excluding carboxylic acids is 1. The van der Waals surface area contributed by atoms with Gasteiger partial charge in [-0.05, 0) is 51.7 Å². The van der Waals surface area contributed by atoms with Crippen molar-refractivity contribution >= 4 is 11.7 Å². The average Bonchev–Trinajstić information content (AvgIpc) is 2.48. The highest BCUT2D eigenvalue weighted by molar-refractivity contribution is 5.89. The van der Waals surface area contributed by atoms with Gasteiger partial charge in [0, 0.05) is 24.2 Å². The Labute approximate surface area is 137 Å². The fraction of sp³-hybridized carbons (Fsp3) is 0.611. The Kier molecular flexibility index (Phi) is 4.85. The fourth-order valence-corrected chi connectivity index (χ4v) is 4.29. The van der Waals surface area contributed by atoms with Gasteiger partial charge in [0.2, 0.25) is 0 Å². The van der Waals surface area contributed by atoms with E-state index in [1.54, 1.807) is 18.2 Å². The largest absolute Gasteiger partial charge is 0.335 e. The van der Waals surface area contributed by atoms with E-state index in [1.807, 2.05) is 0 Å². The zero-order valence-electron chi connectivity index (χ0n) is 13.9. The summed E-state index contributed by atoms with van der Waals surface area (Å²) >= 11 is 0. The van der Waals surface area contributed by atoms with E-state index in [0.29, 0.717) is 18.1 Å². The van der Waals surface area contributed by atoms with Crippen molar-refractivity contribution in [1.82, 2.24) is 10.2 Å². The first-order chi connectivity index (χ1) is 11.0. The van der Waals surface area contributed by atoms with Gasteiger partial charge in [0.15, 0.2) is 0 Å². The molecule has 3 rings (SSSR count). The summed E-state index contributed by atoms with van der Waals surface area (Å²) < 4.78 is 13.6. The minimum Gasteiger partial charge on any atom is -0.335 e. The molecule has 2 heterocycles. The number of piperidine rings is 2. The van der Waals surface area contributed by atoms with E-state index in [9.17, 15) is 9.18 Å². The highest BCUT2D eigenvalue weighted by Crippen LogP contribution is 2.35. The van der Waals surface area contributed by atoms with E-state index in [1.165, 1.54) is 25.3 Å². The van der Waals surface area contributed by atoms with Gasteiger partial charge in [-0.2, -0.15) is 0 Å². The number of para-hydroxylation sites is 1. The van der Waals surface area contributed by atoms with E-state index in [4.69, 9.17) is 0 Å². The number of carbonyl (C=O) groups is 1.